The van der Waals surface area contributed by atoms with Crippen LogP contribution in [-0.2, 0) is 15.8 Å². The van der Waals surface area contributed by atoms with Crippen LogP contribution in [0.4, 0.5) is 0 Å². The minimum absolute atomic E-state index is 0.191. The summed E-state index contributed by atoms with van der Waals surface area (Å²) in [5, 5.41) is 17.3. The molecule has 0 atom stereocenters. The van der Waals surface area contributed by atoms with Gasteiger partial charge >= 0.3 is 5.97 Å². The van der Waals surface area contributed by atoms with E-state index in [1.54, 1.807) is 5.38 Å². The highest BCUT2D eigenvalue weighted by atomic mass is 32.2. The van der Waals surface area contributed by atoms with Crippen LogP contribution in [0, 0.1) is 0 Å². The van der Waals surface area contributed by atoms with Crippen molar-refractivity contribution in [2.45, 2.75) is 5.75 Å². The molecule has 0 bridgehead atoms. The number of aromatic nitrogens is 1. The summed E-state index contributed by atoms with van der Waals surface area (Å²) >= 11 is 2.42. The number of primary sulfonamides is 1. The summed E-state index contributed by atoms with van der Waals surface area (Å²) in [5.74, 6) is -1.31. The molecule has 2 rings (SSSR count). The summed E-state index contributed by atoms with van der Waals surface area (Å²) in [4.78, 5) is 15.5. The van der Waals surface area contributed by atoms with E-state index >= 15 is 0 Å². The number of rotatable bonds is 4. The number of nitrogens with zero attached hydrogens (tertiary/aromatic N) is 1. The van der Waals surface area contributed by atoms with Crippen LogP contribution in [0.25, 0.3) is 10.6 Å². The Balaban J connectivity index is 2.26. The lowest BCUT2D eigenvalue weighted by Gasteiger charge is -1.92. The zero-order chi connectivity index (χ0) is 13.3. The van der Waals surface area contributed by atoms with Gasteiger partial charge in [-0.2, -0.15) is 0 Å². The predicted octanol–water partition coefficient (Wildman–Crippen LogP) is 1.36. The molecule has 6 nitrogen and oxygen atoms in total. The van der Waals surface area contributed by atoms with Crippen LogP contribution in [-0.4, -0.2) is 24.5 Å². The Morgan fingerprint density at radius 2 is 2.11 bits per heavy atom. The lowest BCUT2D eigenvalue weighted by molar-refractivity contribution is 0.0697. The smallest absolute Gasteiger partial charge is 0.336 e. The maximum Gasteiger partial charge on any atom is 0.336 e. The molecular weight excluding hydrogens is 296 g/mol. The maximum atomic E-state index is 10.9. The molecule has 18 heavy (non-hydrogen) atoms. The molecule has 0 spiro atoms. The van der Waals surface area contributed by atoms with Gasteiger partial charge in [-0.15, -0.1) is 22.7 Å². The van der Waals surface area contributed by atoms with Crippen molar-refractivity contribution in [3.63, 3.8) is 0 Å². The summed E-state index contributed by atoms with van der Waals surface area (Å²) in [5.41, 5.74) is 0.757. The molecule has 0 unspecified atom stereocenters. The first-order valence-corrected chi connectivity index (χ1v) is 8.10. The van der Waals surface area contributed by atoms with E-state index in [4.69, 9.17) is 10.2 Å². The highest BCUT2D eigenvalue weighted by Crippen LogP contribution is 2.28. The third-order valence-corrected chi connectivity index (χ3v) is 4.64. The first-order valence-electron chi connectivity index (χ1n) is 4.62. The molecule has 2 heterocycles. The van der Waals surface area contributed by atoms with E-state index in [1.165, 1.54) is 34.1 Å². The third-order valence-electron chi connectivity index (χ3n) is 1.98. The molecule has 0 saturated carbocycles. The molecule has 0 aliphatic rings. The largest absolute Gasteiger partial charge is 0.478 e. The van der Waals surface area contributed by atoms with Gasteiger partial charge in [-0.1, -0.05) is 0 Å². The van der Waals surface area contributed by atoms with E-state index in [9.17, 15) is 13.2 Å². The second-order valence-corrected chi connectivity index (χ2v) is 6.91. The van der Waals surface area contributed by atoms with Crippen LogP contribution in [0.1, 0.15) is 15.4 Å². The van der Waals surface area contributed by atoms with Crippen molar-refractivity contribution >= 4 is 38.7 Å². The van der Waals surface area contributed by atoms with Crippen LogP contribution < -0.4 is 5.14 Å². The topological polar surface area (TPSA) is 110 Å². The van der Waals surface area contributed by atoms with Gasteiger partial charge < -0.3 is 5.11 Å². The predicted molar refractivity (Wildman–Crippen MR) is 69.2 cm³/mol. The van der Waals surface area contributed by atoms with Crippen LogP contribution in [0.3, 0.4) is 0 Å². The Kier molecular flexibility index (Phi) is 3.48. The lowest BCUT2D eigenvalue weighted by atomic mass is 10.3. The fourth-order valence-corrected chi connectivity index (χ4v) is 3.91. The SMILES string of the molecule is NS(=O)(=O)Cc1nc(-c2cc(C(=O)O)cs2)cs1. The fraction of sp³-hybridized carbons (Fsp3) is 0.111. The molecule has 2 aromatic rings. The first-order chi connectivity index (χ1) is 8.35. The van der Waals surface area contributed by atoms with Crippen molar-refractivity contribution in [3.05, 3.63) is 27.4 Å². The van der Waals surface area contributed by atoms with Crippen molar-refractivity contribution < 1.29 is 18.3 Å². The molecule has 2 aromatic heterocycles. The van der Waals surface area contributed by atoms with Gasteiger partial charge in [0, 0.05) is 10.8 Å². The minimum atomic E-state index is -3.60. The van der Waals surface area contributed by atoms with Gasteiger partial charge in [0.05, 0.1) is 16.1 Å². The van der Waals surface area contributed by atoms with Gasteiger partial charge in [0.1, 0.15) is 10.8 Å². The number of hydrogen-bond acceptors (Lipinski definition) is 6. The molecular formula is C9H8N2O4S3. The van der Waals surface area contributed by atoms with Gasteiger partial charge in [-0.3, -0.25) is 0 Å². The van der Waals surface area contributed by atoms with Gasteiger partial charge in [0.25, 0.3) is 0 Å². The second-order valence-electron chi connectivity index (χ2n) is 3.44. The average Bonchev–Trinajstić information content (AvgIpc) is 2.81. The van der Waals surface area contributed by atoms with E-state index < -0.39 is 16.0 Å². The Morgan fingerprint density at radius 3 is 2.67 bits per heavy atom. The molecule has 3 N–H and O–H groups in total. The van der Waals surface area contributed by atoms with E-state index in [0.29, 0.717) is 15.6 Å². The second kappa shape index (κ2) is 4.76. The van der Waals surface area contributed by atoms with Crippen LogP contribution in [0.2, 0.25) is 0 Å². The summed E-state index contributed by atoms with van der Waals surface area (Å²) < 4.78 is 21.8. The molecule has 0 aliphatic carbocycles. The minimum Gasteiger partial charge on any atom is -0.478 e. The van der Waals surface area contributed by atoms with E-state index in [-0.39, 0.29) is 11.3 Å². The lowest BCUT2D eigenvalue weighted by Crippen LogP contribution is -2.14. The Morgan fingerprint density at radius 1 is 1.39 bits per heavy atom. The van der Waals surface area contributed by atoms with Crippen molar-refractivity contribution in [2.75, 3.05) is 0 Å². The summed E-state index contributed by atoms with van der Waals surface area (Å²) in [6.07, 6.45) is 0. The highest BCUT2D eigenvalue weighted by Gasteiger charge is 2.13. The number of thiophene rings is 1. The Labute approximate surface area is 111 Å². The van der Waals surface area contributed by atoms with E-state index in [0.717, 1.165) is 0 Å². The number of thiazole rings is 1. The molecule has 0 aliphatic heterocycles. The number of nitrogens with two attached hydrogens (primary N) is 1. The normalized spacial score (nSPS) is 11.6. The average molecular weight is 304 g/mol. The number of carbonyl (C=O) groups is 1. The number of sulfonamides is 1. The molecule has 0 amide bonds. The number of carboxylic acids is 1. The summed E-state index contributed by atoms with van der Waals surface area (Å²) in [7, 11) is -3.60. The van der Waals surface area contributed by atoms with Gasteiger partial charge in [0.15, 0.2) is 0 Å². The van der Waals surface area contributed by atoms with Crippen molar-refractivity contribution in [2.24, 2.45) is 5.14 Å². The van der Waals surface area contributed by atoms with Gasteiger partial charge in [-0.25, -0.2) is 23.3 Å². The van der Waals surface area contributed by atoms with E-state index in [1.807, 2.05) is 0 Å². The van der Waals surface area contributed by atoms with Crippen molar-refractivity contribution in [3.8, 4) is 10.6 Å². The third kappa shape index (κ3) is 3.13. The summed E-state index contributed by atoms with van der Waals surface area (Å²) in [6.45, 7) is 0. The quantitative estimate of drug-likeness (QED) is 0.886. The van der Waals surface area contributed by atoms with Gasteiger partial charge in [-0.05, 0) is 6.07 Å². The van der Waals surface area contributed by atoms with Gasteiger partial charge in [0.2, 0.25) is 10.0 Å². The molecule has 0 aromatic carbocycles. The zero-order valence-electron chi connectivity index (χ0n) is 8.86. The van der Waals surface area contributed by atoms with E-state index in [2.05, 4.69) is 4.98 Å². The fourth-order valence-electron chi connectivity index (χ4n) is 1.25. The van der Waals surface area contributed by atoms with Crippen molar-refractivity contribution in [1.82, 2.24) is 4.98 Å². The monoisotopic (exact) mass is 304 g/mol. The molecule has 0 fully saturated rings. The molecule has 9 heteroatoms. The standard InChI is InChI=1S/C9H8N2O4S3/c10-18(14,15)4-8-11-6(3-17-8)7-1-5(2-16-7)9(12)13/h1-3H,4H2,(H,12,13)(H2,10,14,15). The molecule has 0 radical (unpaired) electrons. The van der Waals surface area contributed by atoms with Crippen LogP contribution in [0.15, 0.2) is 16.8 Å². The molecule has 0 saturated heterocycles. The zero-order valence-corrected chi connectivity index (χ0v) is 11.3. The number of carboxylic acid groups (broad SMARTS) is 1. The van der Waals surface area contributed by atoms with Crippen LogP contribution >= 0.6 is 22.7 Å². The maximum absolute atomic E-state index is 10.9. The number of hydrogen-bond donors (Lipinski definition) is 2. The molecule has 96 valence electrons. The summed E-state index contributed by atoms with van der Waals surface area (Å²) in [6, 6.07) is 1.50. The Hall–Kier alpha value is -1.29. The Bertz CT molecular complexity index is 686. The number of aromatic carboxylic acids is 1. The first kappa shape index (κ1) is 13.1. The van der Waals surface area contributed by atoms with Crippen molar-refractivity contribution in [1.29, 1.82) is 0 Å². The van der Waals surface area contributed by atoms with Crippen LogP contribution in [0.5, 0.6) is 0 Å². The highest BCUT2D eigenvalue weighted by molar-refractivity contribution is 7.88.